The lowest BCUT2D eigenvalue weighted by molar-refractivity contribution is 0.108. The Bertz CT molecular complexity index is 257. The molecule has 0 radical (unpaired) electrons. The summed E-state index contributed by atoms with van der Waals surface area (Å²) in [5.74, 6) is 0.620. The van der Waals surface area contributed by atoms with Crippen LogP contribution < -0.4 is 0 Å². The Morgan fingerprint density at radius 1 is 1.58 bits per heavy atom. The number of carbonyl (C=O) groups excluding carboxylic acids is 1. The molecule has 0 unspecified atom stereocenters. The van der Waals surface area contributed by atoms with Gasteiger partial charge in [0.2, 0.25) is 6.29 Å². The maximum atomic E-state index is 10.2. The Morgan fingerprint density at radius 2 is 2.33 bits per heavy atom. The Kier molecular flexibility index (Phi) is 2.93. The normalized spacial score (nSPS) is 10.6. The van der Waals surface area contributed by atoms with Gasteiger partial charge in [-0.25, -0.2) is 0 Å². The second kappa shape index (κ2) is 3.96. The first kappa shape index (κ1) is 8.86. The molecule has 0 fully saturated rings. The van der Waals surface area contributed by atoms with E-state index in [1.807, 2.05) is 19.0 Å². The predicted octanol–water partition coefficient (Wildman–Crippen LogP) is -0.0138. The number of aldehydes is 1. The van der Waals surface area contributed by atoms with Crippen molar-refractivity contribution in [1.82, 2.24) is 15.0 Å². The van der Waals surface area contributed by atoms with E-state index in [0.29, 0.717) is 18.5 Å². The van der Waals surface area contributed by atoms with Crippen molar-refractivity contribution in [1.29, 1.82) is 0 Å². The van der Waals surface area contributed by atoms with E-state index in [9.17, 15) is 4.79 Å². The maximum absolute atomic E-state index is 10.2. The average Bonchev–Trinajstić information content (AvgIpc) is 2.48. The van der Waals surface area contributed by atoms with Crippen LogP contribution in [0.3, 0.4) is 0 Å². The molecule has 5 nitrogen and oxygen atoms in total. The first-order valence-corrected chi connectivity index (χ1v) is 3.65. The standard InChI is InChI=1S/C7H11N3O2/c1-10(2)4-3-6-8-7(5-11)12-9-6/h5H,3-4H2,1-2H3. The first-order chi connectivity index (χ1) is 5.72. The van der Waals surface area contributed by atoms with Gasteiger partial charge in [-0.15, -0.1) is 0 Å². The highest BCUT2D eigenvalue weighted by Crippen LogP contribution is 1.95. The zero-order chi connectivity index (χ0) is 8.97. The van der Waals surface area contributed by atoms with E-state index in [2.05, 4.69) is 14.7 Å². The third-order valence-corrected chi connectivity index (χ3v) is 1.37. The molecule has 1 aromatic rings. The van der Waals surface area contributed by atoms with Crippen molar-refractivity contribution in [2.75, 3.05) is 20.6 Å². The summed E-state index contributed by atoms with van der Waals surface area (Å²) < 4.78 is 4.60. The largest absolute Gasteiger partial charge is 0.331 e. The van der Waals surface area contributed by atoms with Crippen molar-refractivity contribution < 1.29 is 9.32 Å². The minimum Gasteiger partial charge on any atom is -0.331 e. The molecule has 0 amide bonds. The fourth-order valence-electron chi connectivity index (χ4n) is 0.740. The second-order valence-electron chi connectivity index (χ2n) is 2.72. The quantitative estimate of drug-likeness (QED) is 0.593. The van der Waals surface area contributed by atoms with Crippen LogP contribution in [0.4, 0.5) is 0 Å². The van der Waals surface area contributed by atoms with Crippen molar-refractivity contribution in [3.63, 3.8) is 0 Å². The van der Waals surface area contributed by atoms with Crippen LogP contribution in [-0.2, 0) is 6.42 Å². The van der Waals surface area contributed by atoms with E-state index >= 15 is 0 Å². The minimum absolute atomic E-state index is 0.0451. The third kappa shape index (κ3) is 2.43. The van der Waals surface area contributed by atoms with Crippen LogP contribution in [0.25, 0.3) is 0 Å². The molecule has 0 saturated heterocycles. The summed E-state index contributed by atoms with van der Waals surface area (Å²) in [6.45, 7) is 0.845. The highest BCUT2D eigenvalue weighted by Gasteiger charge is 2.04. The summed E-state index contributed by atoms with van der Waals surface area (Å²) in [6.07, 6.45) is 1.25. The Labute approximate surface area is 70.4 Å². The number of likely N-dealkylation sites (N-methyl/N-ethyl adjacent to an activating group) is 1. The second-order valence-corrected chi connectivity index (χ2v) is 2.72. The van der Waals surface area contributed by atoms with E-state index in [-0.39, 0.29) is 5.89 Å². The fourth-order valence-corrected chi connectivity index (χ4v) is 0.740. The minimum atomic E-state index is 0.0451. The van der Waals surface area contributed by atoms with Gasteiger partial charge >= 0.3 is 0 Å². The third-order valence-electron chi connectivity index (χ3n) is 1.37. The van der Waals surface area contributed by atoms with Crippen LogP contribution in [0.15, 0.2) is 4.52 Å². The van der Waals surface area contributed by atoms with Crippen molar-refractivity contribution in [3.05, 3.63) is 11.7 Å². The lowest BCUT2D eigenvalue weighted by atomic mass is 10.4. The van der Waals surface area contributed by atoms with E-state index in [4.69, 9.17) is 0 Å². The zero-order valence-electron chi connectivity index (χ0n) is 7.15. The molecule has 5 heteroatoms. The summed E-state index contributed by atoms with van der Waals surface area (Å²) in [5.41, 5.74) is 0. The molecule has 0 aliphatic carbocycles. The van der Waals surface area contributed by atoms with Gasteiger partial charge in [0.25, 0.3) is 5.89 Å². The van der Waals surface area contributed by atoms with E-state index in [1.165, 1.54) is 0 Å². The van der Waals surface area contributed by atoms with E-state index < -0.39 is 0 Å². The van der Waals surface area contributed by atoms with Crippen LogP contribution in [0.5, 0.6) is 0 Å². The molecule has 0 spiro atoms. The van der Waals surface area contributed by atoms with Crippen molar-refractivity contribution >= 4 is 6.29 Å². The fraction of sp³-hybridized carbons (Fsp3) is 0.571. The summed E-state index contributed by atoms with van der Waals surface area (Å²) in [4.78, 5) is 16.0. The number of aromatic nitrogens is 2. The Morgan fingerprint density at radius 3 is 2.83 bits per heavy atom. The topological polar surface area (TPSA) is 59.2 Å². The van der Waals surface area contributed by atoms with Gasteiger partial charge in [0.1, 0.15) is 0 Å². The molecule has 66 valence electrons. The van der Waals surface area contributed by atoms with Gasteiger partial charge in [-0.05, 0) is 14.1 Å². The molecule has 1 heterocycles. The van der Waals surface area contributed by atoms with Crippen LogP contribution in [0.1, 0.15) is 16.5 Å². The molecule has 0 aliphatic rings. The number of rotatable bonds is 4. The molecule has 0 N–H and O–H groups in total. The van der Waals surface area contributed by atoms with Crippen molar-refractivity contribution in [2.24, 2.45) is 0 Å². The van der Waals surface area contributed by atoms with Crippen LogP contribution >= 0.6 is 0 Å². The van der Waals surface area contributed by atoms with Crippen molar-refractivity contribution in [3.8, 4) is 0 Å². The Balaban J connectivity index is 2.47. The lowest BCUT2D eigenvalue weighted by Crippen LogP contribution is -2.15. The average molecular weight is 169 g/mol. The molecule has 0 atom stereocenters. The summed E-state index contributed by atoms with van der Waals surface area (Å²) in [5, 5.41) is 3.61. The van der Waals surface area contributed by atoms with Crippen LogP contribution in [0, 0.1) is 0 Å². The Hall–Kier alpha value is -1.23. The number of carbonyl (C=O) groups is 1. The van der Waals surface area contributed by atoms with Gasteiger partial charge in [0.05, 0.1) is 0 Å². The zero-order valence-corrected chi connectivity index (χ0v) is 7.15. The first-order valence-electron chi connectivity index (χ1n) is 3.65. The van der Waals surface area contributed by atoms with Crippen molar-refractivity contribution in [2.45, 2.75) is 6.42 Å². The molecule has 0 aromatic carbocycles. The predicted molar refractivity (Wildman–Crippen MR) is 41.9 cm³/mol. The van der Waals surface area contributed by atoms with Gasteiger partial charge < -0.3 is 9.42 Å². The number of hydrogen-bond acceptors (Lipinski definition) is 5. The van der Waals surface area contributed by atoms with Gasteiger partial charge in [-0.1, -0.05) is 5.16 Å². The molecule has 0 bridgehead atoms. The lowest BCUT2D eigenvalue weighted by Gasteiger charge is -2.05. The molecule has 0 saturated carbocycles. The maximum Gasteiger partial charge on any atom is 0.290 e. The van der Waals surface area contributed by atoms with Gasteiger partial charge in [-0.3, -0.25) is 4.79 Å². The molecular weight excluding hydrogens is 158 g/mol. The summed E-state index contributed by atoms with van der Waals surface area (Å²) in [6, 6.07) is 0. The van der Waals surface area contributed by atoms with Gasteiger partial charge in [-0.2, -0.15) is 4.98 Å². The highest BCUT2D eigenvalue weighted by atomic mass is 16.5. The summed E-state index contributed by atoms with van der Waals surface area (Å²) >= 11 is 0. The van der Waals surface area contributed by atoms with Crippen LogP contribution in [-0.4, -0.2) is 42.0 Å². The molecule has 1 rings (SSSR count). The van der Waals surface area contributed by atoms with Gasteiger partial charge in [0.15, 0.2) is 5.82 Å². The number of nitrogens with zero attached hydrogens (tertiary/aromatic N) is 3. The SMILES string of the molecule is CN(C)CCc1noc(C=O)n1. The van der Waals surface area contributed by atoms with Crippen LogP contribution in [0.2, 0.25) is 0 Å². The molecule has 0 aliphatic heterocycles. The molecule has 12 heavy (non-hydrogen) atoms. The monoisotopic (exact) mass is 169 g/mol. The van der Waals surface area contributed by atoms with E-state index in [1.54, 1.807) is 0 Å². The summed E-state index contributed by atoms with van der Waals surface area (Å²) in [7, 11) is 3.92. The molecule has 1 aromatic heterocycles. The van der Waals surface area contributed by atoms with E-state index in [0.717, 1.165) is 6.54 Å². The molecular formula is C7H11N3O2. The highest BCUT2D eigenvalue weighted by molar-refractivity contribution is 5.66. The smallest absolute Gasteiger partial charge is 0.290 e. The number of hydrogen-bond donors (Lipinski definition) is 0. The van der Waals surface area contributed by atoms with Gasteiger partial charge in [0, 0.05) is 13.0 Å².